The van der Waals surface area contributed by atoms with Crippen LogP contribution in [0.3, 0.4) is 0 Å². The Kier molecular flexibility index (Phi) is 9.56. The van der Waals surface area contributed by atoms with Gasteiger partial charge < -0.3 is 9.38 Å². The first-order chi connectivity index (χ1) is 36.2. The van der Waals surface area contributed by atoms with Crippen LogP contribution in [0.1, 0.15) is 127 Å². The molecule has 2 nitrogen and oxygen atoms in total. The molecule has 0 atom stereocenters. The van der Waals surface area contributed by atoms with Crippen LogP contribution in [-0.2, 0) is 16.2 Å². The normalized spacial score (nSPS) is 22.9. The number of fused-ring (bicyclic) bond motifs is 14. The second-order valence-electron chi connectivity index (χ2n) is 25.2. The average Bonchev–Trinajstić information content (AvgIpc) is 4.09. The molecule has 4 heterocycles. The van der Waals surface area contributed by atoms with E-state index >= 15 is 0 Å². The number of anilines is 3. The van der Waals surface area contributed by atoms with E-state index in [4.69, 9.17) is 0 Å². The van der Waals surface area contributed by atoms with Crippen molar-refractivity contribution >= 4 is 88.2 Å². The van der Waals surface area contributed by atoms with Crippen LogP contribution < -0.4 is 15.8 Å². The van der Waals surface area contributed by atoms with Gasteiger partial charge in [0.2, 0.25) is 0 Å². The molecular weight excluding hydrogens is 912 g/mol. The molecule has 0 radical (unpaired) electrons. The molecule has 8 aromatic carbocycles. The molecule has 2 aliphatic heterocycles. The van der Waals surface area contributed by atoms with E-state index in [1.54, 1.807) is 11.1 Å². The quantitative estimate of drug-likeness (QED) is 0.156. The Balaban J connectivity index is 1.05. The third-order valence-electron chi connectivity index (χ3n) is 20.1. The standard InChI is InChI=1S/C70H65BN2S/c1-68(2,3)49-26-28-60(53(36-49)47-22-8-5-9-23-47)72-62-40-55-52-24-10-11-25-64(52)74-65(55)41-59(62)71-66-56(34-48(35-63(66)72)46-20-6-4-7-21-46)58-39-51(70-32-14-18-45(43-70)19-15-33-70)38-57-54-37-50(27-29-61(54)73(71)67(57)58)69-30-12-16-44(42-69)17-13-31-69/h4-11,20-29,34-41,44-45H,12-19,30-33,42-43H2,1-3H3. The molecule has 0 amide bonds. The van der Waals surface area contributed by atoms with Gasteiger partial charge in [0.05, 0.1) is 5.69 Å². The van der Waals surface area contributed by atoms with Crippen LogP contribution in [0, 0.1) is 11.8 Å². The Morgan fingerprint density at radius 3 is 1.86 bits per heavy atom. The summed E-state index contributed by atoms with van der Waals surface area (Å²) in [5.41, 5.74) is 22.5. The molecule has 2 aromatic heterocycles. The summed E-state index contributed by atoms with van der Waals surface area (Å²) in [5, 5.41) is 5.65. The van der Waals surface area contributed by atoms with Gasteiger partial charge in [0.15, 0.2) is 0 Å². The summed E-state index contributed by atoms with van der Waals surface area (Å²) < 4.78 is 5.59. The van der Waals surface area contributed by atoms with Crippen molar-refractivity contribution in [1.29, 1.82) is 0 Å². The van der Waals surface area contributed by atoms with Crippen LogP contribution in [-0.4, -0.2) is 11.3 Å². The Labute approximate surface area is 441 Å². The fourth-order valence-corrected chi connectivity index (χ4v) is 17.8. The van der Waals surface area contributed by atoms with Crippen LogP contribution in [0.5, 0.6) is 0 Å². The molecule has 4 fully saturated rings. The lowest BCUT2D eigenvalue weighted by atomic mass is 9.45. The molecule has 4 saturated carbocycles. The van der Waals surface area contributed by atoms with E-state index in [0.29, 0.717) is 5.41 Å². The molecule has 0 saturated heterocycles. The van der Waals surface area contributed by atoms with E-state index in [1.807, 2.05) is 11.3 Å². The van der Waals surface area contributed by atoms with Crippen molar-refractivity contribution in [2.24, 2.45) is 11.8 Å². The molecule has 364 valence electrons. The highest BCUT2D eigenvalue weighted by molar-refractivity contribution is 7.26. The van der Waals surface area contributed by atoms with Crippen LogP contribution >= 0.6 is 11.3 Å². The smallest absolute Gasteiger partial charge is 0.333 e. The van der Waals surface area contributed by atoms with Gasteiger partial charge in [0, 0.05) is 64.5 Å². The zero-order valence-electron chi connectivity index (χ0n) is 43.4. The number of aromatic nitrogens is 1. The first-order valence-corrected chi connectivity index (χ1v) is 29.3. The predicted octanol–water partition coefficient (Wildman–Crippen LogP) is 18.4. The Morgan fingerprint density at radius 2 is 1.15 bits per heavy atom. The van der Waals surface area contributed by atoms with Gasteiger partial charge in [0.25, 0.3) is 0 Å². The molecule has 4 heteroatoms. The minimum Gasteiger partial charge on any atom is -0.375 e. The topological polar surface area (TPSA) is 8.17 Å². The molecule has 4 bridgehead atoms. The first kappa shape index (κ1) is 44.0. The lowest BCUT2D eigenvalue weighted by molar-refractivity contribution is 0.149. The van der Waals surface area contributed by atoms with E-state index in [9.17, 15) is 0 Å². The highest BCUT2D eigenvalue weighted by Crippen LogP contribution is 2.57. The van der Waals surface area contributed by atoms with E-state index in [0.717, 1.165) is 11.8 Å². The molecule has 6 aliphatic rings. The van der Waals surface area contributed by atoms with E-state index in [1.165, 1.54) is 199 Å². The zero-order chi connectivity index (χ0) is 49.1. The largest absolute Gasteiger partial charge is 0.375 e. The number of hydrogen-bond donors (Lipinski definition) is 0. The summed E-state index contributed by atoms with van der Waals surface area (Å²) in [6, 6.07) is 63.0. The fraction of sp³-hybridized carbons (Fsp3) is 0.314. The van der Waals surface area contributed by atoms with Gasteiger partial charge in [-0.25, -0.2) is 0 Å². The van der Waals surface area contributed by atoms with Crippen LogP contribution in [0.25, 0.3) is 75.4 Å². The minimum absolute atomic E-state index is 0.0191. The third-order valence-corrected chi connectivity index (χ3v) is 21.3. The lowest BCUT2D eigenvalue weighted by Gasteiger charge is -2.46. The maximum atomic E-state index is 2.88. The van der Waals surface area contributed by atoms with Gasteiger partial charge in [0.1, 0.15) is 0 Å². The molecule has 0 spiro atoms. The van der Waals surface area contributed by atoms with Crippen molar-refractivity contribution in [2.45, 2.75) is 127 Å². The summed E-state index contributed by atoms with van der Waals surface area (Å²) in [6.45, 7) is 7.04. The SMILES string of the molecule is CC(C)(C)c1ccc(N2c3cc4c(cc3B3c5c(cc(-c6ccccc6)cc52)-c2cc(C56CCCC(CCC5)C6)cc5c6cc(C78CCCC(CCC7)C8)ccc6n3c25)sc2ccccc24)c(-c2ccccc2)c1. The van der Waals surface area contributed by atoms with Gasteiger partial charge in [-0.1, -0.05) is 163 Å². The van der Waals surface area contributed by atoms with Crippen molar-refractivity contribution in [3.63, 3.8) is 0 Å². The zero-order valence-corrected chi connectivity index (χ0v) is 44.3. The summed E-state index contributed by atoms with van der Waals surface area (Å²) in [5.74, 6) is 1.73. The van der Waals surface area contributed by atoms with Crippen molar-refractivity contribution in [3.8, 4) is 33.4 Å². The number of thiophene rings is 1. The van der Waals surface area contributed by atoms with Crippen molar-refractivity contribution in [2.75, 3.05) is 4.90 Å². The van der Waals surface area contributed by atoms with E-state index in [-0.39, 0.29) is 17.7 Å². The van der Waals surface area contributed by atoms with Gasteiger partial charge in [-0.05, 0) is 183 Å². The molecule has 16 rings (SSSR count). The molecule has 0 unspecified atom stereocenters. The van der Waals surface area contributed by atoms with Crippen LogP contribution in [0.4, 0.5) is 17.1 Å². The minimum atomic E-state index is -0.0253. The van der Waals surface area contributed by atoms with Gasteiger partial charge >= 0.3 is 6.85 Å². The maximum Gasteiger partial charge on any atom is 0.333 e. The molecular formula is C70H65BN2S. The second-order valence-corrected chi connectivity index (χ2v) is 26.3. The number of hydrogen-bond acceptors (Lipinski definition) is 2. The number of rotatable bonds is 5. The fourth-order valence-electron chi connectivity index (χ4n) is 16.7. The lowest BCUT2D eigenvalue weighted by Crippen LogP contribution is -2.56. The number of benzene rings is 8. The highest BCUT2D eigenvalue weighted by atomic mass is 32.1. The van der Waals surface area contributed by atoms with Gasteiger partial charge in [-0.3, -0.25) is 0 Å². The Hall–Kier alpha value is -6.36. The average molecular weight is 977 g/mol. The monoisotopic (exact) mass is 976 g/mol. The van der Waals surface area contributed by atoms with Crippen LogP contribution in [0.2, 0.25) is 0 Å². The second kappa shape index (κ2) is 16.1. The Bertz CT molecular complexity index is 3920. The highest BCUT2D eigenvalue weighted by Gasteiger charge is 2.47. The predicted molar refractivity (Wildman–Crippen MR) is 317 cm³/mol. The van der Waals surface area contributed by atoms with Crippen molar-refractivity contribution in [1.82, 2.24) is 4.48 Å². The summed E-state index contributed by atoms with van der Waals surface area (Å²) >= 11 is 1.96. The van der Waals surface area contributed by atoms with Gasteiger partial charge in [-0.2, -0.15) is 0 Å². The summed E-state index contributed by atoms with van der Waals surface area (Å²) in [4.78, 5) is 2.72. The molecule has 74 heavy (non-hydrogen) atoms. The first-order valence-electron chi connectivity index (χ1n) is 28.5. The number of nitrogens with zero attached hydrogens (tertiary/aromatic N) is 2. The summed E-state index contributed by atoms with van der Waals surface area (Å²) in [7, 11) is 0. The van der Waals surface area contributed by atoms with Crippen molar-refractivity contribution < 1.29 is 0 Å². The molecule has 4 aliphatic carbocycles. The molecule has 10 aromatic rings. The maximum absolute atomic E-state index is 2.88. The van der Waals surface area contributed by atoms with Crippen molar-refractivity contribution in [3.05, 3.63) is 174 Å². The van der Waals surface area contributed by atoms with E-state index in [2.05, 4.69) is 188 Å². The Morgan fingerprint density at radius 1 is 0.486 bits per heavy atom. The van der Waals surface area contributed by atoms with Crippen LogP contribution in [0.15, 0.2) is 158 Å². The molecule has 0 N–H and O–H groups in total. The summed E-state index contributed by atoms with van der Waals surface area (Å²) in [6.07, 6.45) is 19.1. The third kappa shape index (κ3) is 6.42. The van der Waals surface area contributed by atoms with E-state index < -0.39 is 0 Å². The van der Waals surface area contributed by atoms with Gasteiger partial charge in [-0.15, -0.1) is 11.3 Å².